The standard InChI is InChI=1S/C17H14BrClN2O4/c18-14-8-11(19)7-13(16(14)25-6-5-22)15(17(23)24)21-12-3-1-10(9-20)2-4-12/h1-4,7-8,15,21-22H,5-6H2,(H,23,24)/p-1. The number of nitrogens with one attached hydrogen (secondary N) is 1. The Hall–Kier alpha value is -2.27. The zero-order chi connectivity index (χ0) is 18.4. The second kappa shape index (κ2) is 8.72. The number of carboxylic acids is 1. The van der Waals surface area contributed by atoms with Gasteiger partial charge in [-0.25, -0.2) is 0 Å². The molecular formula is C17H13BrClN2O4-. The lowest BCUT2D eigenvalue weighted by Gasteiger charge is -2.24. The monoisotopic (exact) mass is 423 g/mol. The maximum atomic E-state index is 11.7. The number of carbonyl (C=O) groups excluding carboxylic acids is 1. The van der Waals surface area contributed by atoms with Crippen LogP contribution in [0.25, 0.3) is 0 Å². The Kier molecular flexibility index (Phi) is 6.65. The maximum absolute atomic E-state index is 11.7. The van der Waals surface area contributed by atoms with E-state index in [1.807, 2.05) is 6.07 Å². The van der Waals surface area contributed by atoms with E-state index in [2.05, 4.69) is 21.2 Å². The maximum Gasteiger partial charge on any atom is 0.139 e. The van der Waals surface area contributed by atoms with E-state index >= 15 is 0 Å². The minimum absolute atomic E-state index is 0.0101. The van der Waals surface area contributed by atoms with Gasteiger partial charge in [-0.3, -0.25) is 0 Å². The second-order valence-electron chi connectivity index (χ2n) is 4.96. The van der Waals surface area contributed by atoms with Crippen LogP contribution in [0.3, 0.4) is 0 Å². The molecule has 0 heterocycles. The van der Waals surface area contributed by atoms with Crippen molar-refractivity contribution in [2.45, 2.75) is 6.04 Å². The Morgan fingerprint density at radius 2 is 2.08 bits per heavy atom. The SMILES string of the molecule is N#Cc1ccc(NC(C(=O)[O-])c2cc(Cl)cc(Br)c2OCCO)cc1. The van der Waals surface area contributed by atoms with Crippen LogP contribution in [0.5, 0.6) is 5.75 Å². The molecule has 0 radical (unpaired) electrons. The van der Waals surface area contributed by atoms with Crippen molar-refractivity contribution in [3.8, 4) is 11.8 Å². The number of nitrogens with zero attached hydrogens (tertiary/aromatic N) is 1. The van der Waals surface area contributed by atoms with Crippen molar-refractivity contribution in [1.82, 2.24) is 0 Å². The average molecular weight is 425 g/mol. The van der Waals surface area contributed by atoms with E-state index in [9.17, 15) is 9.90 Å². The minimum Gasteiger partial charge on any atom is -0.548 e. The van der Waals surface area contributed by atoms with Gasteiger partial charge in [0.2, 0.25) is 0 Å². The summed E-state index contributed by atoms with van der Waals surface area (Å²) in [6, 6.07) is 10.0. The number of ether oxygens (including phenoxy) is 1. The summed E-state index contributed by atoms with van der Waals surface area (Å²) in [6.45, 7) is -0.239. The first-order valence-electron chi connectivity index (χ1n) is 7.16. The van der Waals surface area contributed by atoms with Crippen LogP contribution in [0.1, 0.15) is 17.2 Å². The van der Waals surface area contributed by atoms with Gasteiger partial charge in [0.25, 0.3) is 0 Å². The van der Waals surface area contributed by atoms with Crippen molar-refractivity contribution in [3.05, 3.63) is 57.0 Å². The number of hydrogen-bond acceptors (Lipinski definition) is 6. The third-order valence-electron chi connectivity index (χ3n) is 3.25. The second-order valence-corrected chi connectivity index (χ2v) is 6.25. The molecule has 0 amide bonds. The summed E-state index contributed by atoms with van der Waals surface area (Å²) in [5.74, 6) is -1.14. The zero-order valence-electron chi connectivity index (χ0n) is 12.8. The highest BCUT2D eigenvalue weighted by molar-refractivity contribution is 9.10. The van der Waals surface area contributed by atoms with Gasteiger partial charge < -0.3 is 25.1 Å². The normalized spacial score (nSPS) is 11.4. The fourth-order valence-electron chi connectivity index (χ4n) is 2.17. The molecule has 1 atom stereocenters. The fourth-order valence-corrected chi connectivity index (χ4v) is 3.11. The molecule has 0 saturated carbocycles. The molecule has 6 nitrogen and oxygen atoms in total. The molecule has 0 aliphatic carbocycles. The Morgan fingerprint density at radius 1 is 1.40 bits per heavy atom. The third kappa shape index (κ3) is 4.86. The van der Waals surface area contributed by atoms with E-state index in [-0.39, 0.29) is 24.5 Å². The molecule has 2 N–H and O–H groups in total. The lowest BCUT2D eigenvalue weighted by Crippen LogP contribution is -2.34. The topological polar surface area (TPSA) is 105 Å². The van der Waals surface area contributed by atoms with Crippen molar-refractivity contribution < 1.29 is 19.7 Å². The Balaban J connectivity index is 2.42. The Morgan fingerprint density at radius 3 is 2.64 bits per heavy atom. The van der Waals surface area contributed by atoms with Crippen LogP contribution >= 0.6 is 27.5 Å². The van der Waals surface area contributed by atoms with Gasteiger partial charge in [0.1, 0.15) is 12.4 Å². The predicted octanol–water partition coefficient (Wildman–Crippen LogP) is 2.25. The van der Waals surface area contributed by atoms with Crippen molar-refractivity contribution in [3.63, 3.8) is 0 Å². The molecule has 1 unspecified atom stereocenters. The van der Waals surface area contributed by atoms with E-state index in [0.29, 0.717) is 20.7 Å². The molecule has 8 heteroatoms. The smallest absolute Gasteiger partial charge is 0.139 e. The number of hydrogen-bond donors (Lipinski definition) is 2. The number of nitriles is 1. The molecule has 2 aromatic carbocycles. The highest BCUT2D eigenvalue weighted by atomic mass is 79.9. The van der Waals surface area contributed by atoms with Gasteiger partial charge in [-0.2, -0.15) is 5.26 Å². The Bertz CT molecular complexity index is 806. The fraction of sp³-hybridized carbons (Fsp3) is 0.176. The van der Waals surface area contributed by atoms with Crippen LogP contribution in [-0.4, -0.2) is 24.3 Å². The van der Waals surface area contributed by atoms with Gasteiger partial charge in [-0.1, -0.05) is 11.6 Å². The van der Waals surface area contributed by atoms with Crippen LogP contribution in [-0.2, 0) is 4.79 Å². The first-order valence-corrected chi connectivity index (χ1v) is 8.33. The molecule has 0 bridgehead atoms. The van der Waals surface area contributed by atoms with Crippen molar-refractivity contribution in [1.29, 1.82) is 5.26 Å². The van der Waals surface area contributed by atoms with Gasteiger partial charge >= 0.3 is 0 Å². The number of anilines is 1. The van der Waals surface area contributed by atoms with Crippen LogP contribution in [0.15, 0.2) is 40.9 Å². The van der Waals surface area contributed by atoms with Gasteiger partial charge in [-0.15, -0.1) is 0 Å². The molecule has 25 heavy (non-hydrogen) atoms. The molecule has 0 fully saturated rings. The number of benzene rings is 2. The molecule has 0 aliphatic rings. The predicted molar refractivity (Wildman–Crippen MR) is 94.3 cm³/mol. The number of aliphatic hydroxyl groups is 1. The summed E-state index contributed by atoms with van der Waals surface area (Å²) in [7, 11) is 0. The highest BCUT2D eigenvalue weighted by Gasteiger charge is 2.21. The lowest BCUT2D eigenvalue weighted by atomic mass is 10.0. The summed E-state index contributed by atoms with van der Waals surface area (Å²) < 4.78 is 5.90. The molecule has 0 aromatic heterocycles. The molecule has 0 saturated heterocycles. The largest absolute Gasteiger partial charge is 0.548 e. The number of carboxylic acid groups (broad SMARTS) is 1. The number of rotatable bonds is 7. The molecule has 0 aliphatic heterocycles. The van der Waals surface area contributed by atoms with E-state index in [0.717, 1.165) is 0 Å². The number of halogens is 2. The van der Waals surface area contributed by atoms with Crippen LogP contribution in [0.4, 0.5) is 5.69 Å². The lowest BCUT2D eigenvalue weighted by molar-refractivity contribution is -0.307. The zero-order valence-corrected chi connectivity index (χ0v) is 15.2. The molecule has 130 valence electrons. The number of aliphatic carboxylic acids is 1. The molecule has 2 aromatic rings. The van der Waals surface area contributed by atoms with E-state index in [4.69, 9.17) is 26.7 Å². The quantitative estimate of drug-likeness (QED) is 0.706. The minimum atomic E-state index is -1.38. The number of aliphatic hydroxyl groups excluding tert-OH is 1. The first-order chi connectivity index (χ1) is 12.0. The van der Waals surface area contributed by atoms with Gasteiger partial charge in [-0.05, 0) is 52.3 Å². The summed E-state index contributed by atoms with van der Waals surface area (Å²) in [6.07, 6.45) is 0. The summed E-state index contributed by atoms with van der Waals surface area (Å²) in [5.41, 5.74) is 1.18. The van der Waals surface area contributed by atoms with Crippen molar-refractivity contribution >= 4 is 39.2 Å². The van der Waals surface area contributed by atoms with Gasteiger partial charge in [0.05, 0.1) is 34.7 Å². The van der Waals surface area contributed by atoms with E-state index < -0.39 is 12.0 Å². The van der Waals surface area contributed by atoms with E-state index in [1.54, 1.807) is 30.3 Å². The van der Waals surface area contributed by atoms with E-state index in [1.165, 1.54) is 6.07 Å². The summed E-state index contributed by atoms with van der Waals surface area (Å²) >= 11 is 9.32. The molecule has 0 spiro atoms. The average Bonchev–Trinajstić information content (AvgIpc) is 2.58. The van der Waals surface area contributed by atoms with Crippen LogP contribution in [0, 0.1) is 11.3 Å². The van der Waals surface area contributed by atoms with Crippen LogP contribution < -0.4 is 15.2 Å². The van der Waals surface area contributed by atoms with Gasteiger partial charge in [0, 0.05) is 16.3 Å². The van der Waals surface area contributed by atoms with Gasteiger partial charge in [0.15, 0.2) is 0 Å². The summed E-state index contributed by atoms with van der Waals surface area (Å²) in [4.78, 5) is 11.7. The first kappa shape index (κ1) is 19.1. The summed E-state index contributed by atoms with van der Waals surface area (Å²) in [5, 5.41) is 32.6. The number of carbonyl (C=O) groups is 1. The molecule has 2 rings (SSSR count). The highest BCUT2D eigenvalue weighted by Crippen LogP contribution is 2.37. The third-order valence-corrected chi connectivity index (χ3v) is 4.05. The van der Waals surface area contributed by atoms with Crippen LogP contribution in [0.2, 0.25) is 5.02 Å². The molecular weight excluding hydrogens is 412 g/mol. The van der Waals surface area contributed by atoms with Crippen molar-refractivity contribution in [2.24, 2.45) is 0 Å². The Labute approximate surface area is 157 Å². The van der Waals surface area contributed by atoms with Crippen molar-refractivity contribution in [2.75, 3.05) is 18.5 Å².